The third kappa shape index (κ3) is 4.60. The monoisotopic (exact) mass is 487 g/mol. The number of phenolic OH excluding ortho intramolecular Hbond substituents is 1. The Kier molecular flexibility index (Phi) is 6.30. The molecule has 0 bridgehead atoms. The molecule has 0 amide bonds. The van der Waals surface area contributed by atoms with Crippen molar-refractivity contribution in [1.29, 1.82) is 0 Å². The van der Waals surface area contributed by atoms with Gasteiger partial charge in [-0.25, -0.2) is 4.98 Å². The quantitative estimate of drug-likeness (QED) is 0.365. The van der Waals surface area contributed by atoms with E-state index in [0.29, 0.717) is 11.1 Å². The molecule has 174 valence electrons. The predicted molar refractivity (Wildman–Crippen MR) is 124 cm³/mol. The van der Waals surface area contributed by atoms with Gasteiger partial charge in [0.15, 0.2) is 17.3 Å². The van der Waals surface area contributed by atoms with Crippen LogP contribution in [0.5, 0.6) is 11.5 Å². The zero-order valence-electron chi connectivity index (χ0n) is 17.7. The second-order valence-corrected chi connectivity index (χ2v) is 7.58. The van der Waals surface area contributed by atoms with Crippen molar-refractivity contribution >= 4 is 28.7 Å². The minimum Gasteiger partial charge on any atom is -0.503 e. The largest absolute Gasteiger partial charge is 0.503 e. The number of nitrogens with zero attached hydrogens (tertiary/aromatic N) is 3. The lowest BCUT2D eigenvalue weighted by atomic mass is 10.1. The number of rotatable bonds is 5. The average molecular weight is 488 g/mol. The van der Waals surface area contributed by atoms with Gasteiger partial charge in [-0.1, -0.05) is 35.9 Å². The van der Waals surface area contributed by atoms with Crippen molar-refractivity contribution in [1.82, 2.24) is 9.66 Å². The van der Waals surface area contributed by atoms with E-state index in [2.05, 4.69) is 10.1 Å². The van der Waals surface area contributed by atoms with Crippen molar-refractivity contribution < 1.29 is 23.0 Å². The van der Waals surface area contributed by atoms with Crippen LogP contribution in [0.4, 0.5) is 13.2 Å². The van der Waals surface area contributed by atoms with E-state index in [-0.39, 0.29) is 39.9 Å². The van der Waals surface area contributed by atoms with Crippen LogP contribution in [0.3, 0.4) is 0 Å². The van der Waals surface area contributed by atoms with Crippen molar-refractivity contribution in [2.24, 2.45) is 5.10 Å². The van der Waals surface area contributed by atoms with Crippen LogP contribution in [0.25, 0.3) is 22.3 Å². The topological polar surface area (TPSA) is 76.7 Å². The van der Waals surface area contributed by atoms with Crippen molar-refractivity contribution in [3.63, 3.8) is 0 Å². The molecule has 0 fully saturated rings. The summed E-state index contributed by atoms with van der Waals surface area (Å²) in [5, 5.41) is 14.5. The van der Waals surface area contributed by atoms with Crippen LogP contribution in [0, 0.1) is 0 Å². The summed E-state index contributed by atoms with van der Waals surface area (Å²) in [7, 11) is 0. The zero-order chi connectivity index (χ0) is 24.5. The van der Waals surface area contributed by atoms with Gasteiger partial charge in [-0.05, 0) is 48.9 Å². The molecule has 1 N–H and O–H groups in total. The van der Waals surface area contributed by atoms with E-state index in [1.54, 1.807) is 31.2 Å². The van der Waals surface area contributed by atoms with Gasteiger partial charge in [-0.15, -0.1) is 0 Å². The SMILES string of the molecule is CCOc1cc(C=Nn2c(-c3cccc(C(F)(F)F)c3)nc3ccccc3c2=O)cc(Cl)c1O. The van der Waals surface area contributed by atoms with Gasteiger partial charge >= 0.3 is 6.18 Å². The summed E-state index contributed by atoms with van der Waals surface area (Å²) < 4.78 is 46.2. The van der Waals surface area contributed by atoms with Crippen LogP contribution >= 0.6 is 11.6 Å². The first kappa shape index (κ1) is 23.3. The van der Waals surface area contributed by atoms with Gasteiger partial charge in [0, 0.05) is 5.56 Å². The first-order valence-corrected chi connectivity index (χ1v) is 10.5. The molecule has 10 heteroatoms. The summed E-state index contributed by atoms with van der Waals surface area (Å²) in [6, 6.07) is 13.8. The number of ether oxygens (including phenoxy) is 1. The summed E-state index contributed by atoms with van der Waals surface area (Å²) >= 11 is 6.05. The van der Waals surface area contributed by atoms with Gasteiger partial charge < -0.3 is 9.84 Å². The van der Waals surface area contributed by atoms with E-state index < -0.39 is 17.3 Å². The molecule has 4 rings (SSSR count). The summed E-state index contributed by atoms with van der Waals surface area (Å²) in [6.07, 6.45) is -3.29. The molecule has 0 aliphatic rings. The Morgan fingerprint density at radius 3 is 2.65 bits per heavy atom. The van der Waals surface area contributed by atoms with Crippen LogP contribution in [0.15, 0.2) is 70.6 Å². The van der Waals surface area contributed by atoms with E-state index in [4.69, 9.17) is 16.3 Å². The van der Waals surface area contributed by atoms with Crippen molar-refractivity contribution in [3.05, 3.63) is 87.2 Å². The van der Waals surface area contributed by atoms with Gasteiger partial charge in [-0.2, -0.15) is 22.9 Å². The Balaban J connectivity index is 1.91. The second kappa shape index (κ2) is 9.18. The van der Waals surface area contributed by atoms with E-state index in [1.807, 2.05) is 0 Å². The first-order chi connectivity index (χ1) is 16.2. The lowest BCUT2D eigenvalue weighted by Crippen LogP contribution is -2.20. The lowest BCUT2D eigenvalue weighted by molar-refractivity contribution is -0.137. The maximum Gasteiger partial charge on any atom is 0.416 e. The van der Waals surface area contributed by atoms with Crippen molar-refractivity contribution in [2.45, 2.75) is 13.1 Å². The number of hydrogen-bond acceptors (Lipinski definition) is 5. The summed E-state index contributed by atoms with van der Waals surface area (Å²) in [6.45, 7) is 2.01. The Morgan fingerprint density at radius 1 is 1.15 bits per heavy atom. The Bertz CT molecular complexity index is 1470. The minimum atomic E-state index is -4.57. The van der Waals surface area contributed by atoms with E-state index >= 15 is 0 Å². The fourth-order valence-corrected chi connectivity index (χ4v) is 3.53. The highest BCUT2D eigenvalue weighted by atomic mass is 35.5. The molecule has 0 aliphatic heterocycles. The van der Waals surface area contributed by atoms with Crippen molar-refractivity contribution in [3.8, 4) is 22.9 Å². The minimum absolute atomic E-state index is 0.00878. The number of aromatic hydroxyl groups is 1. The highest BCUT2D eigenvalue weighted by Crippen LogP contribution is 2.35. The number of fused-ring (bicyclic) bond motifs is 1. The number of hydrogen-bond donors (Lipinski definition) is 1. The Morgan fingerprint density at radius 2 is 1.91 bits per heavy atom. The van der Waals surface area contributed by atoms with Gasteiger partial charge in [0.2, 0.25) is 0 Å². The molecule has 0 atom stereocenters. The van der Waals surface area contributed by atoms with Gasteiger partial charge in [0.05, 0.1) is 34.3 Å². The molecule has 0 aliphatic carbocycles. The van der Waals surface area contributed by atoms with Crippen LogP contribution in [0.1, 0.15) is 18.1 Å². The summed E-state index contributed by atoms with van der Waals surface area (Å²) in [5.41, 5.74) is -0.675. The maximum absolute atomic E-state index is 13.3. The highest BCUT2D eigenvalue weighted by molar-refractivity contribution is 6.32. The molecule has 0 saturated heterocycles. The molecule has 0 unspecified atom stereocenters. The Hall–Kier alpha value is -3.85. The number of phenols is 1. The molecule has 0 spiro atoms. The molecule has 4 aromatic rings. The fourth-order valence-electron chi connectivity index (χ4n) is 3.31. The third-order valence-electron chi connectivity index (χ3n) is 4.87. The number of halogens is 4. The molecule has 1 heterocycles. The number of benzene rings is 3. The van der Waals surface area contributed by atoms with Gasteiger partial charge in [0.1, 0.15) is 0 Å². The van der Waals surface area contributed by atoms with Crippen molar-refractivity contribution in [2.75, 3.05) is 6.61 Å². The maximum atomic E-state index is 13.3. The predicted octanol–water partition coefficient (Wildman–Crippen LogP) is 5.72. The smallest absolute Gasteiger partial charge is 0.416 e. The zero-order valence-corrected chi connectivity index (χ0v) is 18.4. The van der Waals surface area contributed by atoms with Crippen LogP contribution in [-0.4, -0.2) is 27.6 Å². The molecular weight excluding hydrogens is 471 g/mol. The molecule has 0 saturated carbocycles. The average Bonchev–Trinajstić information content (AvgIpc) is 2.81. The van der Waals surface area contributed by atoms with E-state index in [0.717, 1.165) is 16.8 Å². The van der Waals surface area contributed by atoms with Gasteiger partial charge in [-0.3, -0.25) is 4.79 Å². The molecule has 3 aromatic carbocycles. The molecular formula is C24H17ClF3N3O3. The fraction of sp³-hybridized carbons (Fsp3) is 0.125. The molecule has 34 heavy (non-hydrogen) atoms. The first-order valence-electron chi connectivity index (χ1n) is 10.1. The van der Waals surface area contributed by atoms with Crippen LogP contribution in [0.2, 0.25) is 5.02 Å². The number of para-hydroxylation sites is 1. The van der Waals surface area contributed by atoms with Gasteiger partial charge in [0.25, 0.3) is 5.56 Å². The normalized spacial score (nSPS) is 11.9. The standard InChI is InChI=1S/C24H17ClF3N3O3/c1-2-34-20-11-14(10-18(25)21(20)32)13-29-31-22(15-6-5-7-16(12-15)24(26,27)28)30-19-9-4-3-8-17(19)23(31)33/h3-13,32H,2H2,1H3. The van der Waals surface area contributed by atoms with Crippen LogP contribution in [-0.2, 0) is 6.18 Å². The summed E-state index contributed by atoms with van der Waals surface area (Å²) in [5.74, 6) is -0.186. The molecule has 1 aromatic heterocycles. The number of alkyl halides is 3. The molecule has 0 radical (unpaired) electrons. The Labute approximate surface area is 196 Å². The summed E-state index contributed by atoms with van der Waals surface area (Å²) in [4.78, 5) is 17.6. The highest BCUT2D eigenvalue weighted by Gasteiger charge is 2.31. The second-order valence-electron chi connectivity index (χ2n) is 7.18. The third-order valence-corrected chi connectivity index (χ3v) is 5.16. The number of aromatic nitrogens is 2. The molecule has 6 nitrogen and oxygen atoms in total. The van der Waals surface area contributed by atoms with E-state index in [9.17, 15) is 23.1 Å². The van der Waals surface area contributed by atoms with Crippen LogP contribution < -0.4 is 10.3 Å². The lowest BCUT2D eigenvalue weighted by Gasteiger charge is -2.12. The van der Waals surface area contributed by atoms with E-state index in [1.165, 1.54) is 30.5 Å².